The van der Waals surface area contributed by atoms with Crippen LogP contribution in [0.25, 0.3) is 11.0 Å². The molecule has 1 aliphatic rings. The first kappa shape index (κ1) is 20.8. The number of H-pyrrole nitrogens is 1. The highest BCUT2D eigenvalue weighted by Crippen LogP contribution is 2.27. The fraction of sp³-hybridized carbons (Fsp3) is 0.391. The van der Waals surface area contributed by atoms with Crippen LogP contribution >= 0.6 is 0 Å². The molecule has 0 fully saturated rings. The van der Waals surface area contributed by atoms with Gasteiger partial charge in [0.15, 0.2) is 0 Å². The largest absolute Gasteiger partial charge is 0.360 e. The number of rotatable bonds is 6. The predicted molar refractivity (Wildman–Crippen MR) is 125 cm³/mol. The van der Waals surface area contributed by atoms with Crippen LogP contribution in [-0.4, -0.2) is 26.3 Å². The normalized spacial score (nSPS) is 15.7. The molecule has 0 saturated heterocycles. The van der Waals surface area contributed by atoms with Crippen LogP contribution in [0.2, 0.25) is 0 Å². The molecule has 4 rings (SSSR count). The van der Waals surface area contributed by atoms with Crippen LogP contribution in [0, 0.1) is 18.8 Å². The van der Waals surface area contributed by atoms with Crippen LogP contribution in [0.1, 0.15) is 41.5 Å². The van der Waals surface area contributed by atoms with Crippen LogP contribution in [0.3, 0.4) is 0 Å². The molecule has 1 aliphatic heterocycles. The molecule has 3 N–H and O–H groups in total. The summed E-state index contributed by atoms with van der Waals surface area (Å²) in [6.07, 6.45) is 3.14. The van der Waals surface area contributed by atoms with E-state index in [0.717, 1.165) is 28.7 Å². The minimum absolute atomic E-state index is 0. The highest BCUT2D eigenvalue weighted by Gasteiger charge is 2.29. The van der Waals surface area contributed by atoms with Crippen molar-refractivity contribution in [3.63, 3.8) is 0 Å². The maximum absolute atomic E-state index is 13.0. The summed E-state index contributed by atoms with van der Waals surface area (Å²) in [5.41, 5.74) is 4.00. The molecule has 0 aromatic carbocycles. The third-order valence-electron chi connectivity index (χ3n) is 5.66. The number of hydrogen-bond acceptors (Lipinski definition) is 4. The second-order valence-electron chi connectivity index (χ2n) is 8.59. The van der Waals surface area contributed by atoms with Gasteiger partial charge in [0.1, 0.15) is 12.2 Å². The number of amides is 2. The lowest BCUT2D eigenvalue weighted by Crippen LogP contribution is -2.39. The van der Waals surface area contributed by atoms with Gasteiger partial charge in [-0.15, -0.1) is 0 Å². The summed E-state index contributed by atoms with van der Waals surface area (Å²) in [5.74, 6) is -0.143. The number of aromatic nitrogens is 3. The monoisotopic (exact) mass is 427 g/mol. The van der Waals surface area contributed by atoms with Gasteiger partial charge in [-0.3, -0.25) is 14.4 Å². The number of nitrogens with one attached hydrogen (secondary N) is 3. The Kier molecular flexibility index (Phi) is 5.63. The number of aryl methyl sites for hydroxylation is 1. The molecule has 0 unspecified atom stereocenters. The van der Waals surface area contributed by atoms with Gasteiger partial charge in [-0.1, -0.05) is 13.8 Å². The minimum atomic E-state index is -0.339. The van der Waals surface area contributed by atoms with Gasteiger partial charge in [-0.05, 0) is 55.5 Å². The van der Waals surface area contributed by atoms with Crippen molar-refractivity contribution in [1.29, 1.82) is 0 Å². The fourth-order valence-electron chi connectivity index (χ4n) is 4.13. The molecule has 0 bridgehead atoms. The average Bonchev–Trinajstić information content (AvgIpc) is 3.18. The summed E-state index contributed by atoms with van der Waals surface area (Å²) in [7, 11) is 0. The van der Waals surface area contributed by atoms with E-state index < -0.39 is 0 Å². The van der Waals surface area contributed by atoms with Crippen molar-refractivity contribution in [2.45, 2.75) is 46.7 Å². The molecule has 4 heterocycles. The topological polar surface area (TPSA) is 109 Å². The molecule has 2 amide bonds. The van der Waals surface area contributed by atoms with Crippen molar-refractivity contribution in [2.75, 3.05) is 5.32 Å². The molecule has 0 spiro atoms. The number of carbonyl (C=O) groups excluding carboxylic acids is 2. The quantitative estimate of drug-likeness (QED) is 0.561. The lowest BCUT2D eigenvalue weighted by molar-refractivity contribution is -0.122. The average molecular weight is 428 g/mol. The molecule has 3 aromatic rings. The zero-order valence-electron chi connectivity index (χ0n) is 18.0. The summed E-state index contributed by atoms with van der Waals surface area (Å²) in [6, 6.07) is 7.53. The molecule has 1 atom stereocenters. The molecule has 31 heavy (non-hydrogen) atoms. The van der Waals surface area contributed by atoms with E-state index >= 15 is 0 Å². The second kappa shape index (κ2) is 8.37. The Hall–Kier alpha value is -3.42. The second-order valence-corrected chi connectivity index (χ2v) is 8.59. The maximum atomic E-state index is 13.0. The number of nitrogens with zero attached hydrogens (tertiary/aromatic N) is 2. The highest BCUT2D eigenvalue weighted by atomic mass is 16.2. The molecule has 8 heteroatoms. The van der Waals surface area contributed by atoms with Crippen molar-refractivity contribution in [1.82, 2.24) is 19.9 Å². The van der Waals surface area contributed by atoms with Crippen LogP contribution < -0.4 is 16.2 Å². The van der Waals surface area contributed by atoms with E-state index in [4.69, 9.17) is 0 Å². The van der Waals surface area contributed by atoms with E-state index in [-0.39, 0.29) is 40.7 Å². The number of fused-ring (bicyclic) bond motifs is 2. The van der Waals surface area contributed by atoms with E-state index in [1.54, 1.807) is 0 Å². The first-order chi connectivity index (χ1) is 14.8. The zero-order valence-corrected chi connectivity index (χ0v) is 18.0. The van der Waals surface area contributed by atoms with Gasteiger partial charge in [-0.25, -0.2) is 4.98 Å². The Bertz CT molecular complexity index is 1220. The minimum Gasteiger partial charge on any atom is -0.360 e. The summed E-state index contributed by atoms with van der Waals surface area (Å²) < 4.78 is 1.40. The first-order valence-corrected chi connectivity index (χ1v) is 10.6. The summed E-state index contributed by atoms with van der Waals surface area (Å²) in [4.78, 5) is 45.5. The third kappa shape index (κ3) is 4.38. The number of anilines is 1. The Morgan fingerprint density at radius 3 is 2.90 bits per heavy atom. The van der Waals surface area contributed by atoms with Gasteiger partial charge in [0, 0.05) is 22.1 Å². The Morgan fingerprint density at radius 1 is 1.32 bits per heavy atom. The van der Waals surface area contributed by atoms with Gasteiger partial charge in [0.2, 0.25) is 11.8 Å². The molecular formula is C23H33N5O3. The third-order valence-corrected chi connectivity index (χ3v) is 5.66. The number of aromatic amines is 1. The fourth-order valence-corrected chi connectivity index (χ4v) is 4.13. The van der Waals surface area contributed by atoms with Crippen LogP contribution in [0.4, 0.5) is 5.69 Å². The van der Waals surface area contributed by atoms with Gasteiger partial charge in [0.05, 0.1) is 23.3 Å². The predicted octanol–water partition coefficient (Wildman–Crippen LogP) is 3.24. The highest BCUT2D eigenvalue weighted by molar-refractivity contribution is 5.95. The molecule has 3 aromatic heterocycles. The number of hydrogen-bond donors (Lipinski definition) is 3. The van der Waals surface area contributed by atoms with Crippen molar-refractivity contribution in [2.24, 2.45) is 11.8 Å². The Morgan fingerprint density at radius 2 is 2.13 bits per heavy atom. The molecule has 0 radical (unpaired) electrons. The van der Waals surface area contributed by atoms with Crippen LogP contribution in [0.5, 0.6) is 0 Å². The number of carbonyl (C=O) groups is 2. The molecule has 8 nitrogen and oxygen atoms in total. The summed E-state index contributed by atoms with van der Waals surface area (Å²) in [5, 5.41) is 5.60. The molecule has 0 saturated carbocycles. The number of pyridine rings is 2. The van der Waals surface area contributed by atoms with Gasteiger partial charge >= 0.3 is 0 Å². The van der Waals surface area contributed by atoms with E-state index in [0.29, 0.717) is 23.7 Å². The first-order valence-electron chi connectivity index (χ1n) is 10.6. The lowest BCUT2D eigenvalue weighted by Gasteiger charge is -2.26. The summed E-state index contributed by atoms with van der Waals surface area (Å²) >= 11 is 0. The van der Waals surface area contributed by atoms with E-state index in [1.165, 1.54) is 4.57 Å². The Labute approximate surface area is 184 Å². The Balaban J connectivity index is 0.00000193. The van der Waals surface area contributed by atoms with Crippen molar-refractivity contribution in [3.8, 4) is 0 Å². The summed E-state index contributed by atoms with van der Waals surface area (Å²) in [6.45, 7) is 6.12. The van der Waals surface area contributed by atoms with Gasteiger partial charge < -0.3 is 20.2 Å². The maximum Gasteiger partial charge on any atom is 0.275 e. The SMILES string of the molecule is Cc1cc2c(c(=O)n1CC(=O)NCc1ccc3[nH]ccc3n1)NC(=O)[C@H](CC(C)C)C2.[HH].[HH].[HH]. The standard InChI is InChI=1S/C23H27N5O3.3H2/c1-13(2)8-16-10-15-9-14(3)28(23(31)21(15)27-22(16)30)12-20(29)25-11-17-4-5-18-19(26-17)6-7-24-18;;;/h4-7,9,13,16,24H,8,10-12H2,1-3H3,(H,25,29)(H,27,30);3*1H/t16-;;;/m1.../s1. The lowest BCUT2D eigenvalue weighted by atomic mass is 9.87. The molecular weight excluding hydrogens is 394 g/mol. The van der Waals surface area contributed by atoms with Crippen molar-refractivity contribution >= 4 is 28.5 Å². The molecule has 0 aliphatic carbocycles. The van der Waals surface area contributed by atoms with E-state index in [2.05, 4.69) is 34.4 Å². The van der Waals surface area contributed by atoms with Crippen molar-refractivity contribution in [3.05, 3.63) is 57.8 Å². The van der Waals surface area contributed by atoms with Gasteiger partial charge in [0.25, 0.3) is 5.56 Å². The van der Waals surface area contributed by atoms with Gasteiger partial charge in [-0.2, -0.15) is 0 Å². The smallest absolute Gasteiger partial charge is 0.275 e. The zero-order chi connectivity index (χ0) is 22.1. The van der Waals surface area contributed by atoms with E-state index in [9.17, 15) is 14.4 Å². The van der Waals surface area contributed by atoms with E-state index in [1.807, 2.05) is 37.4 Å². The van der Waals surface area contributed by atoms with Crippen LogP contribution in [0.15, 0.2) is 35.3 Å². The van der Waals surface area contributed by atoms with Crippen molar-refractivity contribution < 1.29 is 13.9 Å². The van der Waals surface area contributed by atoms with Crippen LogP contribution in [-0.2, 0) is 29.1 Å². The molecule has 168 valence electrons.